The van der Waals surface area contributed by atoms with E-state index < -0.39 is 0 Å². The van der Waals surface area contributed by atoms with E-state index in [2.05, 4.69) is 24.1 Å². The lowest BCUT2D eigenvalue weighted by Gasteiger charge is -2.13. The number of anilines is 1. The summed E-state index contributed by atoms with van der Waals surface area (Å²) in [5.41, 5.74) is 3.52. The van der Waals surface area contributed by atoms with E-state index in [1.54, 1.807) is 12.3 Å². The molecule has 0 unspecified atom stereocenters. The van der Waals surface area contributed by atoms with E-state index in [4.69, 9.17) is 0 Å². The molecule has 118 valence electrons. The molecule has 0 aliphatic rings. The standard InChI is InChI=1S/C19H19FN2O/c1-12(2)15-5-3-4-6-17(15)22-19(23)9-13-11-21-18-10-14(20)7-8-16(13)18/h3-8,10-12,21H,9H2,1-2H3,(H,22,23). The predicted molar refractivity (Wildman–Crippen MR) is 91.1 cm³/mol. The first-order valence-corrected chi connectivity index (χ1v) is 7.69. The molecule has 4 heteroatoms. The smallest absolute Gasteiger partial charge is 0.228 e. The third kappa shape index (κ3) is 3.26. The molecule has 1 aromatic heterocycles. The third-order valence-corrected chi connectivity index (χ3v) is 3.94. The van der Waals surface area contributed by atoms with E-state index in [1.165, 1.54) is 12.1 Å². The Hall–Kier alpha value is -2.62. The molecular formula is C19H19FN2O. The van der Waals surface area contributed by atoms with Crippen molar-refractivity contribution in [2.24, 2.45) is 0 Å². The zero-order chi connectivity index (χ0) is 16.4. The summed E-state index contributed by atoms with van der Waals surface area (Å²) >= 11 is 0. The number of benzene rings is 2. The number of halogens is 1. The minimum absolute atomic E-state index is 0.0803. The number of hydrogen-bond acceptors (Lipinski definition) is 1. The van der Waals surface area contributed by atoms with Crippen LogP contribution in [0.1, 0.15) is 30.9 Å². The SMILES string of the molecule is CC(C)c1ccccc1NC(=O)Cc1c[nH]c2cc(F)ccc12. The van der Waals surface area contributed by atoms with Gasteiger partial charge < -0.3 is 10.3 Å². The number of H-pyrrole nitrogens is 1. The minimum atomic E-state index is -0.291. The molecule has 0 saturated carbocycles. The number of aromatic nitrogens is 1. The van der Waals surface area contributed by atoms with Crippen LogP contribution in [0, 0.1) is 5.82 Å². The minimum Gasteiger partial charge on any atom is -0.361 e. The van der Waals surface area contributed by atoms with Gasteiger partial charge in [-0.15, -0.1) is 0 Å². The van der Waals surface area contributed by atoms with Crippen LogP contribution >= 0.6 is 0 Å². The van der Waals surface area contributed by atoms with Gasteiger partial charge in [0.25, 0.3) is 0 Å². The summed E-state index contributed by atoms with van der Waals surface area (Å²) in [6.45, 7) is 4.19. The first-order valence-electron chi connectivity index (χ1n) is 7.69. The van der Waals surface area contributed by atoms with Gasteiger partial charge in [-0.2, -0.15) is 0 Å². The van der Waals surface area contributed by atoms with Gasteiger partial charge in [0.05, 0.1) is 6.42 Å². The molecule has 0 aliphatic carbocycles. The van der Waals surface area contributed by atoms with Crippen molar-refractivity contribution in [2.75, 3.05) is 5.32 Å². The Balaban J connectivity index is 1.79. The molecule has 1 heterocycles. The second-order valence-corrected chi connectivity index (χ2v) is 5.97. The van der Waals surface area contributed by atoms with E-state index in [-0.39, 0.29) is 18.1 Å². The van der Waals surface area contributed by atoms with Gasteiger partial charge in [0, 0.05) is 22.8 Å². The maximum absolute atomic E-state index is 13.2. The number of carbonyl (C=O) groups excluding carboxylic acids is 1. The molecule has 0 radical (unpaired) electrons. The monoisotopic (exact) mass is 310 g/mol. The molecule has 0 fully saturated rings. The average Bonchev–Trinajstić information content (AvgIpc) is 2.89. The third-order valence-electron chi connectivity index (χ3n) is 3.94. The second-order valence-electron chi connectivity index (χ2n) is 5.97. The first-order chi connectivity index (χ1) is 11.0. The zero-order valence-electron chi connectivity index (χ0n) is 13.2. The Morgan fingerprint density at radius 3 is 2.78 bits per heavy atom. The maximum atomic E-state index is 13.2. The summed E-state index contributed by atoms with van der Waals surface area (Å²) in [6, 6.07) is 12.4. The highest BCUT2D eigenvalue weighted by Gasteiger charge is 2.12. The number of carbonyl (C=O) groups is 1. The second kappa shape index (κ2) is 6.24. The molecular weight excluding hydrogens is 291 g/mol. The highest BCUT2D eigenvalue weighted by atomic mass is 19.1. The number of aromatic amines is 1. The summed E-state index contributed by atoms with van der Waals surface area (Å²) in [4.78, 5) is 15.4. The van der Waals surface area contributed by atoms with Gasteiger partial charge in [-0.25, -0.2) is 4.39 Å². The van der Waals surface area contributed by atoms with Crippen LogP contribution in [0.2, 0.25) is 0 Å². The number of hydrogen-bond donors (Lipinski definition) is 2. The van der Waals surface area contributed by atoms with Crippen LogP contribution in [0.25, 0.3) is 10.9 Å². The van der Waals surface area contributed by atoms with E-state index >= 15 is 0 Å². The van der Waals surface area contributed by atoms with E-state index in [9.17, 15) is 9.18 Å². The average molecular weight is 310 g/mol. The number of para-hydroxylation sites is 1. The molecule has 0 bridgehead atoms. The number of rotatable bonds is 4. The predicted octanol–water partition coefficient (Wildman–Crippen LogP) is 4.61. The van der Waals surface area contributed by atoms with E-state index in [0.29, 0.717) is 11.4 Å². The molecule has 3 nitrogen and oxygen atoms in total. The molecule has 0 atom stereocenters. The summed E-state index contributed by atoms with van der Waals surface area (Å²) < 4.78 is 13.2. The van der Waals surface area contributed by atoms with Gasteiger partial charge in [0.15, 0.2) is 0 Å². The van der Waals surface area contributed by atoms with Crippen molar-refractivity contribution in [3.05, 3.63) is 65.6 Å². The Morgan fingerprint density at radius 1 is 1.22 bits per heavy atom. The van der Waals surface area contributed by atoms with Crippen LogP contribution in [-0.2, 0) is 11.2 Å². The summed E-state index contributed by atoms with van der Waals surface area (Å²) in [5.74, 6) is -0.0351. The number of fused-ring (bicyclic) bond motifs is 1. The van der Waals surface area contributed by atoms with Crippen molar-refractivity contribution in [2.45, 2.75) is 26.2 Å². The van der Waals surface area contributed by atoms with Crippen LogP contribution in [0.15, 0.2) is 48.7 Å². The molecule has 23 heavy (non-hydrogen) atoms. The molecule has 0 aliphatic heterocycles. The molecule has 0 spiro atoms. The largest absolute Gasteiger partial charge is 0.361 e. The van der Waals surface area contributed by atoms with Gasteiger partial charge in [-0.05, 0) is 41.3 Å². The Kier molecular flexibility index (Phi) is 4.15. The van der Waals surface area contributed by atoms with E-state index in [1.807, 2.05) is 24.3 Å². The maximum Gasteiger partial charge on any atom is 0.228 e. The number of nitrogens with one attached hydrogen (secondary N) is 2. The molecule has 2 aromatic carbocycles. The van der Waals surface area contributed by atoms with Crippen LogP contribution in [0.3, 0.4) is 0 Å². The lowest BCUT2D eigenvalue weighted by molar-refractivity contribution is -0.115. The molecule has 3 aromatic rings. The topological polar surface area (TPSA) is 44.9 Å². The lowest BCUT2D eigenvalue weighted by atomic mass is 10.0. The van der Waals surface area contributed by atoms with Crippen LogP contribution in [0.5, 0.6) is 0 Å². The van der Waals surface area contributed by atoms with Crippen LogP contribution < -0.4 is 5.32 Å². The van der Waals surface area contributed by atoms with Gasteiger partial charge >= 0.3 is 0 Å². The fourth-order valence-electron chi connectivity index (χ4n) is 2.79. The van der Waals surface area contributed by atoms with Gasteiger partial charge in [0.1, 0.15) is 5.82 Å². The van der Waals surface area contributed by atoms with Crippen molar-refractivity contribution in [3.8, 4) is 0 Å². The van der Waals surface area contributed by atoms with Gasteiger partial charge in [-0.1, -0.05) is 32.0 Å². The quantitative estimate of drug-likeness (QED) is 0.726. The van der Waals surface area contributed by atoms with Gasteiger partial charge in [0.2, 0.25) is 5.91 Å². The van der Waals surface area contributed by atoms with Crippen molar-refractivity contribution in [3.63, 3.8) is 0 Å². The van der Waals surface area contributed by atoms with Crippen molar-refractivity contribution in [1.82, 2.24) is 4.98 Å². The Morgan fingerprint density at radius 2 is 2.00 bits per heavy atom. The Labute approximate surface area is 134 Å². The highest BCUT2D eigenvalue weighted by Crippen LogP contribution is 2.24. The summed E-state index contributed by atoms with van der Waals surface area (Å²) in [6.07, 6.45) is 2.01. The number of amides is 1. The Bertz CT molecular complexity index is 851. The lowest BCUT2D eigenvalue weighted by Crippen LogP contribution is -2.15. The summed E-state index contributed by atoms with van der Waals surface area (Å²) in [7, 11) is 0. The van der Waals surface area contributed by atoms with Crippen molar-refractivity contribution < 1.29 is 9.18 Å². The van der Waals surface area contributed by atoms with Crippen LogP contribution in [-0.4, -0.2) is 10.9 Å². The molecule has 0 saturated heterocycles. The fraction of sp³-hybridized carbons (Fsp3) is 0.211. The van der Waals surface area contributed by atoms with Gasteiger partial charge in [-0.3, -0.25) is 4.79 Å². The fourth-order valence-corrected chi connectivity index (χ4v) is 2.79. The molecule has 2 N–H and O–H groups in total. The molecule has 3 rings (SSSR count). The van der Waals surface area contributed by atoms with Crippen molar-refractivity contribution in [1.29, 1.82) is 0 Å². The molecule has 1 amide bonds. The van der Waals surface area contributed by atoms with E-state index in [0.717, 1.165) is 22.2 Å². The first kappa shape index (κ1) is 15.3. The van der Waals surface area contributed by atoms with Crippen LogP contribution in [0.4, 0.5) is 10.1 Å². The normalized spacial score (nSPS) is 11.1. The highest BCUT2D eigenvalue weighted by molar-refractivity contribution is 5.96. The zero-order valence-corrected chi connectivity index (χ0v) is 13.2. The van der Waals surface area contributed by atoms with Crippen molar-refractivity contribution >= 4 is 22.5 Å². The summed E-state index contributed by atoms with van der Waals surface area (Å²) in [5, 5.41) is 3.85.